The van der Waals surface area contributed by atoms with Gasteiger partial charge in [-0.3, -0.25) is 4.79 Å². The molecule has 0 spiro atoms. The molecule has 34 heavy (non-hydrogen) atoms. The Bertz CT molecular complexity index is 974. The summed E-state index contributed by atoms with van der Waals surface area (Å²) >= 11 is 0. The lowest BCUT2D eigenvalue weighted by Crippen LogP contribution is -2.66. The van der Waals surface area contributed by atoms with Crippen molar-refractivity contribution in [1.29, 1.82) is 5.26 Å². The molecule has 5 aliphatic carbocycles. The molecule has 4 heteroatoms. The molecule has 0 saturated heterocycles. The molecule has 4 saturated carbocycles. The number of rotatable bonds is 2. The Balaban J connectivity index is 1.61. The minimum atomic E-state index is -0.698. The second-order valence-electron chi connectivity index (χ2n) is 14.3. The van der Waals surface area contributed by atoms with Crippen LogP contribution in [-0.2, 0) is 9.53 Å². The number of allylic oxidation sites excluding steroid dienone is 1. The van der Waals surface area contributed by atoms with Crippen molar-refractivity contribution in [3.63, 3.8) is 0 Å². The summed E-state index contributed by atoms with van der Waals surface area (Å²) in [4.78, 5) is 13.3. The number of aliphatic hydroxyl groups excluding tert-OH is 1. The van der Waals surface area contributed by atoms with Gasteiger partial charge < -0.3 is 9.84 Å². The number of hydrogen-bond acceptors (Lipinski definition) is 4. The van der Waals surface area contributed by atoms with Gasteiger partial charge >= 0.3 is 0 Å². The molecule has 0 aromatic carbocycles. The Morgan fingerprint density at radius 1 is 0.941 bits per heavy atom. The summed E-state index contributed by atoms with van der Waals surface area (Å²) < 4.78 is 5.85. The Morgan fingerprint density at radius 3 is 2.29 bits per heavy atom. The summed E-state index contributed by atoms with van der Waals surface area (Å²) in [5, 5.41) is 20.5. The minimum absolute atomic E-state index is 0.0420. The average molecular weight is 468 g/mol. The van der Waals surface area contributed by atoms with E-state index >= 15 is 0 Å². The number of hydrogen-bond donors (Lipinski definition) is 1. The van der Waals surface area contributed by atoms with Crippen LogP contribution in [0.1, 0.15) is 106 Å². The van der Waals surface area contributed by atoms with Crippen LogP contribution in [0.3, 0.4) is 0 Å². The van der Waals surface area contributed by atoms with Crippen molar-refractivity contribution in [1.82, 2.24) is 0 Å². The first-order valence-electron chi connectivity index (χ1n) is 13.8. The normalized spacial score (nSPS) is 49.6. The molecule has 0 aromatic rings. The van der Waals surface area contributed by atoms with Crippen LogP contribution in [0.15, 0.2) is 11.1 Å². The van der Waals surface area contributed by atoms with Crippen molar-refractivity contribution >= 4 is 5.78 Å². The Hall–Kier alpha value is -1.34. The van der Waals surface area contributed by atoms with E-state index in [1.54, 1.807) is 0 Å². The van der Waals surface area contributed by atoms with Crippen LogP contribution in [0.4, 0.5) is 0 Å². The maximum Gasteiger partial charge on any atom is 0.287 e. The third-order valence-electron chi connectivity index (χ3n) is 12.6. The predicted molar refractivity (Wildman–Crippen MR) is 132 cm³/mol. The second-order valence-corrected chi connectivity index (χ2v) is 14.3. The van der Waals surface area contributed by atoms with E-state index in [1.165, 1.54) is 24.8 Å². The highest BCUT2D eigenvalue weighted by Gasteiger charge is 2.70. The van der Waals surface area contributed by atoms with Crippen LogP contribution >= 0.6 is 0 Å². The van der Waals surface area contributed by atoms with Crippen molar-refractivity contribution in [3.8, 4) is 6.26 Å². The number of ether oxygens (including phenoxy) is 1. The maximum atomic E-state index is 13.3. The Morgan fingerprint density at radius 2 is 1.65 bits per heavy atom. The van der Waals surface area contributed by atoms with Crippen LogP contribution in [-0.4, -0.2) is 22.6 Å². The van der Waals surface area contributed by atoms with E-state index in [4.69, 9.17) is 4.74 Å². The number of nitriles is 1. The van der Waals surface area contributed by atoms with Gasteiger partial charge in [-0.15, -0.1) is 0 Å². The number of nitrogens with zero attached hydrogens (tertiary/aromatic N) is 1. The first-order chi connectivity index (χ1) is 15.8. The fourth-order valence-corrected chi connectivity index (χ4v) is 10.7. The van der Waals surface area contributed by atoms with Crippen molar-refractivity contribution in [2.75, 3.05) is 0 Å². The molecular weight excluding hydrogens is 422 g/mol. The zero-order valence-electron chi connectivity index (χ0n) is 22.5. The smallest absolute Gasteiger partial charge is 0.287 e. The highest BCUT2D eigenvalue weighted by molar-refractivity contribution is 6.01. The van der Waals surface area contributed by atoms with Gasteiger partial charge in [0.2, 0.25) is 0 Å². The average Bonchev–Trinajstić information content (AvgIpc) is 3.04. The fourth-order valence-electron chi connectivity index (χ4n) is 10.7. The molecule has 188 valence electrons. The van der Waals surface area contributed by atoms with Gasteiger partial charge in [-0.25, -0.2) is 0 Å². The van der Waals surface area contributed by atoms with Gasteiger partial charge in [-0.2, -0.15) is 5.26 Å². The van der Waals surface area contributed by atoms with Crippen molar-refractivity contribution in [2.45, 2.75) is 118 Å². The van der Waals surface area contributed by atoms with Crippen LogP contribution in [0.5, 0.6) is 0 Å². The van der Waals surface area contributed by atoms with Crippen LogP contribution in [0, 0.1) is 56.8 Å². The van der Waals surface area contributed by atoms with Gasteiger partial charge in [0.15, 0.2) is 11.4 Å². The minimum Gasteiger partial charge on any atom is -0.416 e. The molecule has 1 N–H and O–H groups in total. The van der Waals surface area contributed by atoms with Crippen LogP contribution in [0.25, 0.3) is 0 Å². The monoisotopic (exact) mass is 467 g/mol. The highest BCUT2D eigenvalue weighted by atomic mass is 16.5. The van der Waals surface area contributed by atoms with Gasteiger partial charge in [0.05, 0.1) is 12.5 Å². The topological polar surface area (TPSA) is 70.3 Å². The van der Waals surface area contributed by atoms with Crippen LogP contribution in [0.2, 0.25) is 0 Å². The SMILES string of the molecule is CC(C)C1=C2C3CCC4C5(C)CCC(O)C(C)(C)C5CCC4(C)[C@]3(C)CCC2(OC#N)CC1=O. The molecule has 5 aliphatic rings. The first-order valence-corrected chi connectivity index (χ1v) is 13.8. The molecule has 0 amide bonds. The maximum absolute atomic E-state index is 13.3. The Kier molecular flexibility index (Phi) is 5.26. The molecule has 7 unspecified atom stereocenters. The van der Waals surface area contributed by atoms with E-state index in [-0.39, 0.29) is 39.5 Å². The Labute approximate surface area is 206 Å². The van der Waals surface area contributed by atoms with Crippen LogP contribution < -0.4 is 0 Å². The quantitative estimate of drug-likeness (QED) is 0.466. The van der Waals surface area contributed by atoms with E-state index in [0.717, 1.165) is 37.7 Å². The number of carbonyl (C=O) groups is 1. The summed E-state index contributed by atoms with van der Waals surface area (Å²) in [5.41, 5.74) is 1.94. The van der Waals surface area contributed by atoms with Gasteiger partial charge in [0, 0.05) is 5.57 Å². The third kappa shape index (κ3) is 2.77. The zero-order valence-corrected chi connectivity index (χ0v) is 22.5. The van der Waals surface area contributed by atoms with E-state index in [1.807, 2.05) is 6.26 Å². The largest absolute Gasteiger partial charge is 0.416 e. The van der Waals surface area contributed by atoms with E-state index in [0.29, 0.717) is 24.2 Å². The molecule has 0 aromatic heterocycles. The number of carbonyl (C=O) groups excluding carboxylic acids is 1. The standard InChI is InChI=1S/C30H45NO3/c1-18(2)24-20(32)16-30(34-17-31)15-14-28(6)19(25(24)30)8-9-22-27(5)12-11-23(33)26(3,4)21(27)10-13-29(22,28)7/h18-19,21-23,33H,8-16H2,1-7H3/t19?,21?,22?,23?,27?,28-,29?,30?/m1/s1. The highest BCUT2D eigenvalue weighted by Crippen LogP contribution is 2.75. The number of Topliss-reactive ketones (excluding diaryl/α,β-unsaturated/α-hetero) is 1. The lowest BCUT2D eigenvalue weighted by atomic mass is 9.33. The van der Waals surface area contributed by atoms with Gasteiger partial charge in [-0.1, -0.05) is 48.5 Å². The predicted octanol–water partition coefficient (Wildman–Crippen LogP) is 6.58. The molecule has 0 bridgehead atoms. The van der Waals surface area contributed by atoms with E-state index in [2.05, 4.69) is 48.5 Å². The van der Waals surface area contributed by atoms with Crippen molar-refractivity contribution < 1.29 is 14.6 Å². The molecule has 0 aliphatic heterocycles. The lowest BCUT2D eigenvalue weighted by molar-refractivity contribution is -0.230. The first kappa shape index (κ1) is 24.4. The number of ketones is 1. The summed E-state index contributed by atoms with van der Waals surface area (Å²) in [6.07, 6.45) is 10.6. The van der Waals surface area contributed by atoms with Crippen molar-refractivity contribution in [2.24, 2.45) is 45.3 Å². The molecule has 0 heterocycles. The van der Waals surface area contributed by atoms with E-state index in [9.17, 15) is 15.2 Å². The summed E-state index contributed by atoms with van der Waals surface area (Å²) in [7, 11) is 0. The molecular formula is C30H45NO3. The zero-order chi connectivity index (χ0) is 24.9. The van der Waals surface area contributed by atoms with Crippen molar-refractivity contribution in [3.05, 3.63) is 11.1 Å². The lowest BCUT2D eigenvalue weighted by Gasteiger charge is -2.71. The van der Waals surface area contributed by atoms with Gasteiger partial charge in [0.1, 0.15) is 0 Å². The van der Waals surface area contributed by atoms with Gasteiger partial charge in [0.25, 0.3) is 6.26 Å². The summed E-state index contributed by atoms with van der Waals surface area (Å²) in [6, 6.07) is 0. The second kappa shape index (κ2) is 7.34. The molecule has 4 fully saturated rings. The number of fused-ring (bicyclic) bond motifs is 7. The summed E-state index contributed by atoms with van der Waals surface area (Å²) in [6.45, 7) is 16.5. The fraction of sp³-hybridized carbons (Fsp3) is 0.867. The number of aliphatic hydroxyl groups is 1. The molecule has 8 atom stereocenters. The third-order valence-corrected chi connectivity index (χ3v) is 12.6. The summed E-state index contributed by atoms with van der Waals surface area (Å²) in [5.74, 6) is 1.84. The van der Waals surface area contributed by atoms with E-state index < -0.39 is 5.60 Å². The molecule has 4 nitrogen and oxygen atoms in total. The molecule has 0 radical (unpaired) electrons. The molecule has 5 rings (SSSR count). The van der Waals surface area contributed by atoms with Gasteiger partial charge in [-0.05, 0) is 102 Å².